The van der Waals surface area contributed by atoms with Crippen molar-refractivity contribution in [3.63, 3.8) is 0 Å². The number of rotatable bonds is 3. The standard InChI is InChI=1S/C20H24F3N5O2/c1-3-13-9-16(20(21,22)23)28-17(24-13)10-14(25-28)15-6-4-5-7-27(15)19(30)12-8-18(29)26(2)11-12/h9-10,12,15H,3-8,11H2,1-2H3/t12-,15+/m0/s1. The van der Waals surface area contributed by atoms with E-state index < -0.39 is 23.8 Å². The smallest absolute Gasteiger partial charge is 0.345 e. The van der Waals surface area contributed by atoms with Gasteiger partial charge >= 0.3 is 6.18 Å². The van der Waals surface area contributed by atoms with Crippen LogP contribution >= 0.6 is 0 Å². The van der Waals surface area contributed by atoms with Crippen molar-refractivity contribution in [3.8, 4) is 0 Å². The second-order valence-electron chi connectivity index (χ2n) is 8.04. The Labute approximate surface area is 171 Å². The van der Waals surface area contributed by atoms with E-state index in [1.54, 1.807) is 24.9 Å². The van der Waals surface area contributed by atoms with Crippen LogP contribution in [-0.2, 0) is 22.2 Å². The lowest BCUT2D eigenvalue weighted by Crippen LogP contribution is -2.42. The molecule has 10 heteroatoms. The van der Waals surface area contributed by atoms with Gasteiger partial charge in [-0.05, 0) is 31.7 Å². The van der Waals surface area contributed by atoms with Crippen LogP contribution in [0.15, 0.2) is 12.1 Å². The van der Waals surface area contributed by atoms with E-state index >= 15 is 0 Å². The topological polar surface area (TPSA) is 70.8 Å². The number of alkyl halides is 3. The van der Waals surface area contributed by atoms with Crippen molar-refractivity contribution >= 4 is 17.5 Å². The molecule has 0 unspecified atom stereocenters. The molecule has 2 saturated heterocycles. The Hall–Kier alpha value is -2.65. The van der Waals surface area contributed by atoms with E-state index in [4.69, 9.17) is 0 Å². The zero-order valence-electron chi connectivity index (χ0n) is 16.9. The number of nitrogens with zero attached hydrogens (tertiary/aromatic N) is 5. The van der Waals surface area contributed by atoms with Crippen LogP contribution in [0.5, 0.6) is 0 Å². The molecule has 0 bridgehead atoms. The molecule has 0 spiro atoms. The molecule has 2 aromatic heterocycles. The van der Waals surface area contributed by atoms with Gasteiger partial charge in [0.05, 0.1) is 17.7 Å². The number of hydrogen-bond acceptors (Lipinski definition) is 4. The molecule has 2 amide bonds. The van der Waals surface area contributed by atoms with E-state index in [1.807, 2.05) is 0 Å². The Morgan fingerprint density at radius 1 is 1.27 bits per heavy atom. The zero-order chi connectivity index (χ0) is 21.6. The van der Waals surface area contributed by atoms with E-state index in [0.29, 0.717) is 37.3 Å². The number of aromatic nitrogens is 3. The van der Waals surface area contributed by atoms with Gasteiger partial charge in [-0.15, -0.1) is 0 Å². The third-order valence-electron chi connectivity index (χ3n) is 5.97. The Morgan fingerprint density at radius 2 is 2.03 bits per heavy atom. The first kappa shape index (κ1) is 20.6. The highest BCUT2D eigenvalue weighted by Gasteiger charge is 2.40. The second kappa shape index (κ2) is 7.55. The number of halogens is 3. The van der Waals surface area contributed by atoms with Crippen LogP contribution in [0, 0.1) is 5.92 Å². The van der Waals surface area contributed by atoms with Gasteiger partial charge in [0.2, 0.25) is 11.8 Å². The molecule has 4 rings (SSSR count). The molecule has 2 aliphatic rings. The van der Waals surface area contributed by atoms with Crippen molar-refractivity contribution in [2.45, 2.75) is 51.2 Å². The highest BCUT2D eigenvalue weighted by Crippen LogP contribution is 2.35. The van der Waals surface area contributed by atoms with Crippen LogP contribution in [0.2, 0.25) is 0 Å². The Morgan fingerprint density at radius 3 is 2.67 bits per heavy atom. The van der Waals surface area contributed by atoms with Crippen molar-refractivity contribution in [1.82, 2.24) is 24.4 Å². The second-order valence-corrected chi connectivity index (χ2v) is 8.04. The average Bonchev–Trinajstić information content (AvgIpc) is 3.28. The van der Waals surface area contributed by atoms with Gasteiger partial charge in [0, 0.05) is 38.3 Å². The Bertz CT molecular complexity index is 987. The molecule has 30 heavy (non-hydrogen) atoms. The van der Waals surface area contributed by atoms with E-state index in [-0.39, 0.29) is 23.9 Å². The predicted octanol–water partition coefficient (Wildman–Crippen LogP) is 2.84. The van der Waals surface area contributed by atoms with Crippen molar-refractivity contribution in [3.05, 3.63) is 29.2 Å². The summed E-state index contributed by atoms with van der Waals surface area (Å²) in [5, 5.41) is 4.23. The maximum absolute atomic E-state index is 13.6. The number of hydrogen-bond donors (Lipinski definition) is 0. The zero-order valence-corrected chi connectivity index (χ0v) is 16.9. The van der Waals surface area contributed by atoms with Gasteiger partial charge in [0.1, 0.15) is 5.69 Å². The summed E-state index contributed by atoms with van der Waals surface area (Å²) in [7, 11) is 1.67. The molecule has 2 atom stereocenters. The van der Waals surface area contributed by atoms with Gasteiger partial charge in [-0.25, -0.2) is 9.50 Å². The molecule has 0 aromatic carbocycles. The summed E-state index contributed by atoms with van der Waals surface area (Å²) in [5.74, 6) is -0.621. The van der Waals surface area contributed by atoms with E-state index in [9.17, 15) is 22.8 Å². The molecule has 162 valence electrons. The third kappa shape index (κ3) is 3.63. The van der Waals surface area contributed by atoms with Crippen LogP contribution in [-0.4, -0.2) is 56.3 Å². The summed E-state index contributed by atoms with van der Waals surface area (Å²) in [6.45, 7) is 2.62. The van der Waals surface area contributed by atoms with Crippen molar-refractivity contribution in [2.75, 3.05) is 20.1 Å². The van der Waals surface area contributed by atoms with Crippen molar-refractivity contribution < 1.29 is 22.8 Å². The minimum absolute atomic E-state index is 0.0687. The SMILES string of the molecule is CCc1cc(C(F)(F)F)n2nc([C@H]3CCCCN3C(=O)[C@H]3CC(=O)N(C)C3)cc2n1. The summed E-state index contributed by atoms with van der Waals surface area (Å²) in [4.78, 5) is 32.5. The lowest BCUT2D eigenvalue weighted by atomic mass is 9.96. The molecule has 0 N–H and O–H groups in total. The fourth-order valence-corrected chi connectivity index (χ4v) is 4.36. The number of likely N-dealkylation sites (tertiary alicyclic amines) is 2. The number of fused-ring (bicyclic) bond motifs is 1. The fraction of sp³-hybridized carbons (Fsp3) is 0.600. The lowest BCUT2D eigenvalue weighted by Gasteiger charge is -2.36. The number of amides is 2. The molecule has 2 fully saturated rings. The normalized spacial score (nSPS) is 22.9. The number of carbonyl (C=O) groups excluding carboxylic acids is 2. The van der Waals surface area contributed by atoms with Gasteiger partial charge in [-0.1, -0.05) is 6.92 Å². The van der Waals surface area contributed by atoms with Gasteiger partial charge in [0.25, 0.3) is 0 Å². The molecule has 0 saturated carbocycles. The first-order valence-electron chi connectivity index (χ1n) is 10.2. The highest BCUT2D eigenvalue weighted by atomic mass is 19.4. The molecule has 7 nitrogen and oxygen atoms in total. The van der Waals surface area contributed by atoms with Crippen molar-refractivity contribution in [2.24, 2.45) is 5.92 Å². The number of piperidine rings is 1. The summed E-state index contributed by atoms with van der Waals surface area (Å²) < 4.78 is 41.6. The lowest BCUT2D eigenvalue weighted by molar-refractivity contribution is -0.143. The Balaban J connectivity index is 1.70. The fourth-order valence-electron chi connectivity index (χ4n) is 4.36. The van der Waals surface area contributed by atoms with Crippen molar-refractivity contribution in [1.29, 1.82) is 0 Å². The minimum Gasteiger partial charge on any atom is -0.345 e. The maximum Gasteiger partial charge on any atom is 0.433 e. The van der Waals surface area contributed by atoms with Gasteiger partial charge in [-0.2, -0.15) is 18.3 Å². The van der Waals surface area contributed by atoms with Gasteiger partial charge in [-0.3, -0.25) is 9.59 Å². The largest absolute Gasteiger partial charge is 0.433 e. The van der Waals surface area contributed by atoms with Crippen LogP contribution in [0.25, 0.3) is 5.65 Å². The summed E-state index contributed by atoms with van der Waals surface area (Å²) in [6.07, 6.45) is -1.73. The molecule has 0 radical (unpaired) electrons. The molecular weight excluding hydrogens is 399 g/mol. The van der Waals surface area contributed by atoms with E-state index in [2.05, 4.69) is 10.1 Å². The predicted molar refractivity (Wildman–Crippen MR) is 101 cm³/mol. The van der Waals surface area contributed by atoms with Crippen LogP contribution in [0.1, 0.15) is 55.7 Å². The maximum atomic E-state index is 13.6. The highest BCUT2D eigenvalue weighted by molar-refractivity contribution is 5.89. The minimum atomic E-state index is -4.56. The molecule has 0 aliphatic carbocycles. The van der Waals surface area contributed by atoms with Crippen LogP contribution in [0.4, 0.5) is 13.2 Å². The molecule has 4 heterocycles. The van der Waals surface area contributed by atoms with Gasteiger partial charge < -0.3 is 9.80 Å². The monoisotopic (exact) mass is 423 g/mol. The van der Waals surface area contributed by atoms with Crippen LogP contribution < -0.4 is 0 Å². The number of carbonyl (C=O) groups is 2. The summed E-state index contributed by atoms with van der Waals surface area (Å²) in [6, 6.07) is 2.16. The van der Waals surface area contributed by atoms with Gasteiger partial charge in [0.15, 0.2) is 5.65 Å². The van der Waals surface area contributed by atoms with Crippen LogP contribution in [0.3, 0.4) is 0 Å². The molecule has 2 aromatic rings. The summed E-state index contributed by atoms with van der Waals surface area (Å²) >= 11 is 0. The first-order chi connectivity index (χ1) is 14.2. The summed E-state index contributed by atoms with van der Waals surface area (Å²) in [5.41, 5.74) is 0.00932. The third-order valence-corrected chi connectivity index (χ3v) is 5.97. The molecular formula is C20H24F3N5O2. The van der Waals surface area contributed by atoms with E-state index in [1.165, 1.54) is 4.90 Å². The Kier molecular flexibility index (Phi) is 5.19. The number of aryl methyl sites for hydroxylation is 1. The quantitative estimate of drug-likeness (QED) is 0.761. The average molecular weight is 423 g/mol. The first-order valence-corrected chi connectivity index (χ1v) is 10.2. The van der Waals surface area contributed by atoms with E-state index in [0.717, 1.165) is 23.4 Å². The molecule has 2 aliphatic heterocycles.